The van der Waals surface area contributed by atoms with Gasteiger partial charge in [-0.25, -0.2) is 14.6 Å². The Kier molecular flexibility index (Phi) is 5.94. The van der Waals surface area contributed by atoms with Crippen LogP contribution in [-0.4, -0.2) is 36.6 Å². The summed E-state index contributed by atoms with van der Waals surface area (Å²) in [5.41, 5.74) is 2.94. The highest BCUT2D eigenvalue weighted by Crippen LogP contribution is 2.50. The molecule has 4 unspecified atom stereocenters. The second-order valence-electron chi connectivity index (χ2n) is 10.2. The zero-order valence-electron chi connectivity index (χ0n) is 20.4. The highest BCUT2D eigenvalue weighted by Gasteiger charge is 2.52. The van der Waals surface area contributed by atoms with Crippen molar-refractivity contribution in [2.45, 2.75) is 57.7 Å². The van der Waals surface area contributed by atoms with Gasteiger partial charge in [-0.3, -0.25) is 0 Å². The molecule has 2 saturated heterocycles. The molecule has 4 aromatic rings. The van der Waals surface area contributed by atoms with Gasteiger partial charge in [-0.2, -0.15) is 5.10 Å². The molecule has 2 aromatic carbocycles. The lowest BCUT2D eigenvalue weighted by Crippen LogP contribution is -2.54. The molecule has 186 valence electrons. The fraction of sp³-hybridized carbons (Fsp3) is 0.393. The molecular formula is C28H29Cl2N5O. The van der Waals surface area contributed by atoms with Crippen LogP contribution in [-0.2, 0) is 0 Å². The number of aliphatic hydroxyl groups is 1. The van der Waals surface area contributed by atoms with Gasteiger partial charge in [0, 0.05) is 16.6 Å². The van der Waals surface area contributed by atoms with Crippen molar-refractivity contribution in [3.8, 4) is 16.9 Å². The van der Waals surface area contributed by atoms with E-state index in [1.165, 1.54) is 0 Å². The van der Waals surface area contributed by atoms with Crippen LogP contribution in [0.1, 0.15) is 46.0 Å². The summed E-state index contributed by atoms with van der Waals surface area (Å²) >= 11 is 12.8. The maximum Gasteiger partial charge on any atom is 0.163 e. The van der Waals surface area contributed by atoms with E-state index in [4.69, 9.17) is 33.3 Å². The molecule has 6 rings (SSSR count). The number of nitrogens with zero attached hydrogens (tertiary/aromatic N) is 5. The summed E-state index contributed by atoms with van der Waals surface area (Å²) < 4.78 is 1.84. The summed E-state index contributed by atoms with van der Waals surface area (Å²) in [5, 5.41) is 18.2. The molecule has 0 radical (unpaired) electrons. The van der Waals surface area contributed by atoms with Crippen molar-refractivity contribution < 1.29 is 5.11 Å². The van der Waals surface area contributed by atoms with Crippen LogP contribution in [0.4, 0.5) is 5.82 Å². The highest BCUT2D eigenvalue weighted by molar-refractivity contribution is 6.32. The average Bonchev–Trinajstić information content (AvgIpc) is 3.36. The summed E-state index contributed by atoms with van der Waals surface area (Å²) in [7, 11) is 0. The Balaban J connectivity index is 1.55. The maximum absolute atomic E-state index is 11.9. The summed E-state index contributed by atoms with van der Waals surface area (Å²) in [5.74, 6) is 1.78. The third kappa shape index (κ3) is 3.78. The molecule has 2 fully saturated rings. The normalized spacial score (nSPS) is 24.4. The molecule has 0 amide bonds. The van der Waals surface area contributed by atoms with Gasteiger partial charge in [0.05, 0.1) is 10.7 Å². The summed E-state index contributed by atoms with van der Waals surface area (Å²) in [6.45, 7) is 4.53. The minimum absolute atomic E-state index is 0.227. The van der Waals surface area contributed by atoms with Crippen LogP contribution in [0.5, 0.6) is 0 Å². The van der Waals surface area contributed by atoms with Crippen LogP contribution in [0, 0.1) is 11.8 Å². The lowest BCUT2D eigenvalue weighted by molar-refractivity contribution is -0.00256. The number of aromatic nitrogens is 4. The highest BCUT2D eigenvalue weighted by atomic mass is 35.5. The Morgan fingerprint density at radius 2 is 1.86 bits per heavy atom. The van der Waals surface area contributed by atoms with Gasteiger partial charge < -0.3 is 10.0 Å². The zero-order chi connectivity index (χ0) is 25.0. The Hall–Kier alpha value is -2.67. The van der Waals surface area contributed by atoms with Gasteiger partial charge in [0.2, 0.25) is 0 Å². The largest absolute Gasteiger partial charge is 0.371 e. The fourth-order valence-corrected chi connectivity index (χ4v) is 6.47. The van der Waals surface area contributed by atoms with Crippen molar-refractivity contribution in [1.29, 1.82) is 0 Å². The Morgan fingerprint density at radius 3 is 2.58 bits per heavy atom. The zero-order valence-corrected chi connectivity index (χ0v) is 21.9. The van der Waals surface area contributed by atoms with E-state index in [0.29, 0.717) is 38.7 Å². The van der Waals surface area contributed by atoms with Crippen LogP contribution in [0.15, 0.2) is 54.9 Å². The van der Waals surface area contributed by atoms with Crippen molar-refractivity contribution in [1.82, 2.24) is 19.7 Å². The first-order valence-electron chi connectivity index (χ1n) is 12.7. The van der Waals surface area contributed by atoms with Crippen LogP contribution in [0.3, 0.4) is 0 Å². The fourth-order valence-electron chi connectivity index (χ4n) is 6.13. The molecular weight excluding hydrogens is 493 g/mol. The maximum atomic E-state index is 11.9. The van der Waals surface area contributed by atoms with Crippen molar-refractivity contribution in [2.24, 2.45) is 11.8 Å². The van der Waals surface area contributed by atoms with Gasteiger partial charge in [0.15, 0.2) is 11.3 Å². The van der Waals surface area contributed by atoms with Crippen LogP contribution in [0.25, 0.3) is 28.0 Å². The van der Waals surface area contributed by atoms with E-state index in [0.717, 1.165) is 49.0 Å². The minimum Gasteiger partial charge on any atom is -0.371 e. The molecule has 2 aromatic heterocycles. The SMILES string of the molecule is CCC(C)C1CC2CCC(O)(C1)N2c1ncnc2c(-c3ccc(Cl)cc3)n(-c3ccccc3Cl)nc12. The number of halogens is 2. The number of hydrogen-bond donors (Lipinski definition) is 1. The number of rotatable bonds is 5. The van der Waals surface area contributed by atoms with Crippen LogP contribution in [0.2, 0.25) is 10.0 Å². The number of fused-ring (bicyclic) bond motifs is 3. The number of anilines is 1. The van der Waals surface area contributed by atoms with Crippen LogP contribution >= 0.6 is 23.2 Å². The third-order valence-corrected chi connectivity index (χ3v) is 8.74. The number of benzene rings is 2. The number of piperidine rings is 1. The van der Waals surface area contributed by atoms with E-state index in [2.05, 4.69) is 23.7 Å². The quantitative estimate of drug-likeness (QED) is 0.309. The molecule has 36 heavy (non-hydrogen) atoms. The molecule has 6 nitrogen and oxygen atoms in total. The Labute approximate surface area is 220 Å². The van der Waals surface area contributed by atoms with E-state index < -0.39 is 5.72 Å². The van der Waals surface area contributed by atoms with Gasteiger partial charge in [-0.15, -0.1) is 0 Å². The monoisotopic (exact) mass is 521 g/mol. The van der Waals surface area contributed by atoms with E-state index in [-0.39, 0.29) is 6.04 Å². The number of para-hydroxylation sites is 1. The Morgan fingerprint density at radius 1 is 1.08 bits per heavy atom. The Bertz CT molecular complexity index is 1420. The minimum atomic E-state index is -0.924. The molecule has 2 bridgehead atoms. The first-order chi connectivity index (χ1) is 17.4. The van der Waals surface area contributed by atoms with E-state index in [9.17, 15) is 5.11 Å². The predicted molar refractivity (Wildman–Crippen MR) is 145 cm³/mol. The van der Waals surface area contributed by atoms with E-state index in [1.807, 2.05) is 53.2 Å². The molecule has 4 heterocycles. The number of hydrogen-bond acceptors (Lipinski definition) is 5. The summed E-state index contributed by atoms with van der Waals surface area (Å²) in [4.78, 5) is 11.5. The smallest absolute Gasteiger partial charge is 0.163 e. The molecule has 0 aliphatic carbocycles. The predicted octanol–water partition coefficient (Wildman–Crippen LogP) is 6.90. The van der Waals surface area contributed by atoms with Gasteiger partial charge in [0.1, 0.15) is 23.3 Å². The molecule has 0 spiro atoms. The van der Waals surface area contributed by atoms with Crippen LogP contribution < -0.4 is 4.90 Å². The van der Waals surface area contributed by atoms with Crippen molar-refractivity contribution in [2.75, 3.05) is 4.90 Å². The van der Waals surface area contributed by atoms with E-state index in [1.54, 1.807) is 6.33 Å². The summed E-state index contributed by atoms with van der Waals surface area (Å²) in [6, 6.07) is 15.5. The van der Waals surface area contributed by atoms with E-state index >= 15 is 0 Å². The van der Waals surface area contributed by atoms with Gasteiger partial charge in [-0.05, 0) is 61.8 Å². The molecule has 8 heteroatoms. The first kappa shape index (κ1) is 23.7. The lowest BCUT2D eigenvalue weighted by atomic mass is 9.79. The van der Waals surface area contributed by atoms with Gasteiger partial charge in [-0.1, -0.05) is 67.7 Å². The lowest BCUT2D eigenvalue weighted by Gasteiger charge is -2.46. The standard InChI is InChI=1S/C28H29Cl2N5O/c1-3-17(2)19-14-21-12-13-28(36,15-19)34(21)27-25-24(31-16-32-27)26(18-8-10-20(29)11-9-18)35(33-25)23-7-5-4-6-22(23)30/h4-11,16-17,19,21,36H,3,12-15H2,1-2H3. The molecule has 2 aliphatic rings. The van der Waals surface area contributed by atoms with Gasteiger partial charge in [0.25, 0.3) is 0 Å². The van der Waals surface area contributed by atoms with Crippen molar-refractivity contribution >= 4 is 40.1 Å². The average molecular weight is 522 g/mol. The summed E-state index contributed by atoms with van der Waals surface area (Å²) in [6.07, 6.45) is 6.20. The van der Waals surface area contributed by atoms with Gasteiger partial charge >= 0.3 is 0 Å². The van der Waals surface area contributed by atoms with Crippen molar-refractivity contribution in [3.05, 3.63) is 64.9 Å². The van der Waals surface area contributed by atoms with Crippen molar-refractivity contribution in [3.63, 3.8) is 0 Å². The molecule has 0 saturated carbocycles. The second-order valence-corrected chi connectivity index (χ2v) is 11.1. The molecule has 1 N–H and O–H groups in total. The topological polar surface area (TPSA) is 67.1 Å². The molecule has 4 atom stereocenters. The first-order valence-corrected chi connectivity index (χ1v) is 13.4. The molecule has 2 aliphatic heterocycles. The third-order valence-electron chi connectivity index (χ3n) is 8.17. The second kappa shape index (κ2) is 9.02.